The van der Waals surface area contributed by atoms with E-state index < -0.39 is 0 Å². The number of benzene rings is 1. The van der Waals surface area contributed by atoms with Crippen LogP contribution in [0, 0.1) is 11.3 Å². The molecule has 3 nitrogen and oxygen atoms in total. The van der Waals surface area contributed by atoms with Gasteiger partial charge in [0.25, 0.3) is 0 Å². The average Bonchev–Trinajstić information content (AvgIpc) is 3.07. The Bertz CT molecular complexity index is 644. The predicted molar refractivity (Wildman–Crippen MR) is 101 cm³/mol. The first-order chi connectivity index (χ1) is 11.9. The number of ether oxygens (including phenoxy) is 3. The topological polar surface area (TPSA) is 27.7 Å². The van der Waals surface area contributed by atoms with Crippen molar-refractivity contribution in [3.05, 3.63) is 49.1 Å². The average molecular weight is 342 g/mol. The Hall–Kier alpha value is -1.74. The molecule has 2 aliphatic heterocycles. The van der Waals surface area contributed by atoms with Crippen LogP contribution in [0.3, 0.4) is 0 Å². The fourth-order valence-electron chi connectivity index (χ4n) is 4.58. The van der Waals surface area contributed by atoms with Gasteiger partial charge in [-0.15, -0.1) is 0 Å². The summed E-state index contributed by atoms with van der Waals surface area (Å²) in [6.45, 7) is 15.4. The summed E-state index contributed by atoms with van der Waals surface area (Å²) >= 11 is 0. The molecule has 0 amide bonds. The van der Waals surface area contributed by atoms with Gasteiger partial charge in [0.2, 0.25) is 0 Å². The van der Waals surface area contributed by atoms with Crippen molar-refractivity contribution in [3.63, 3.8) is 0 Å². The second kappa shape index (κ2) is 6.87. The Morgan fingerprint density at radius 2 is 1.88 bits per heavy atom. The monoisotopic (exact) mass is 342 g/mol. The largest absolute Gasteiger partial charge is 0.489 e. The van der Waals surface area contributed by atoms with E-state index in [1.54, 1.807) is 12.2 Å². The molecule has 0 unspecified atom stereocenters. The van der Waals surface area contributed by atoms with Crippen molar-refractivity contribution in [2.45, 2.75) is 51.7 Å². The summed E-state index contributed by atoms with van der Waals surface area (Å²) in [4.78, 5) is 0. The first-order valence-electron chi connectivity index (χ1n) is 9.19. The predicted octanol–water partition coefficient (Wildman–Crippen LogP) is 4.95. The molecule has 0 radical (unpaired) electrons. The fraction of sp³-hybridized carbons (Fsp3) is 0.545. The van der Waals surface area contributed by atoms with Gasteiger partial charge >= 0.3 is 0 Å². The van der Waals surface area contributed by atoms with Crippen molar-refractivity contribution in [1.82, 2.24) is 0 Å². The molecule has 1 aromatic rings. The first-order valence-corrected chi connectivity index (χ1v) is 9.19. The third-order valence-corrected chi connectivity index (χ3v) is 5.97. The number of fused-ring (bicyclic) bond motifs is 2. The molecule has 0 spiro atoms. The Labute approximate surface area is 151 Å². The highest BCUT2D eigenvalue weighted by atomic mass is 16.5. The lowest BCUT2D eigenvalue weighted by molar-refractivity contribution is 0.00593. The van der Waals surface area contributed by atoms with Gasteiger partial charge in [-0.2, -0.15) is 0 Å². The minimum Gasteiger partial charge on any atom is -0.489 e. The molecule has 0 aromatic heterocycles. The van der Waals surface area contributed by atoms with Gasteiger partial charge in [0.1, 0.15) is 24.7 Å². The lowest BCUT2D eigenvalue weighted by Gasteiger charge is -2.39. The van der Waals surface area contributed by atoms with Gasteiger partial charge in [-0.3, -0.25) is 0 Å². The third-order valence-electron chi connectivity index (χ3n) is 5.97. The Morgan fingerprint density at radius 1 is 1.16 bits per heavy atom. The molecular formula is C22H30O3. The number of hydrogen-bond acceptors (Lipinski definition) is 3. The molecular weight excluding hydrogens is 312 g/mol. The molecule has 2 bridgehead atoms. The summed E-state index contributed by atoms with van der Waals surface area (Å²) in [5.74, 6) is 2.16. The van der Waals surface area contributed by atoms with Gasteiger partial charge in [0.15, 0.2) is 0 Å². The molecule has 136 valence electrons. The maximum absolute atomic E-state index is 6.36. The molecule has 2 aliphatic rings. The Morgan fingerprint density at radius 3 is 2.52 bits per heavy atom. The van der Waals surface area contributed by atoms with Crippen LogP contribution in [-0.4, -0.2) is 24.9 Å². The van der Waals surface area contributed by atoms with Gasteiger partial charge in [-0.05, 0) is 49.1 Å². The van der Waals surface area contributed by atoms with Gasteiger partial charge in [0, 0.05) is 6.07 Å². The van der Waals surface area contributed by atoms with Crippen LogP contribution >= 0.6 is 0 Å². The summed E-state index contributed by atoms with van der Waals surface area (Å²) < 4.78 is 18.0. The second-order valence-corrected chi connectivity index (χ2v) is 8.00. The standard InChI is InChI=1S/C22H30O3/c1-6-12-23-17-9-8-16(18(15-17)24-13-7-2)14-19-21(3,4)20-10-11-22(19,5)25-20/h6-9,15,19-20H,1-2,10-14H2,3-5H3/t19-,20+,22-/m1/s1. The molecule has 3 atom stereocenters. The molecule has 2 heterocycles. The van der Waals surface area contributed by atoms with Crippen LogP contribution in [0.4, 0.5) is 0 Å². The zero-order valence-electron chi connectivity index (χ0n) is 15.7. The van der Waals surface area contributed by atoms with Crippen molar-refractivity contribution < 1.29 is 14.2 Å². The van der Waals surface area contributed by atoms with E-state index in [0.717, 1.165) is 24.3 Å². The van der Waals surface area contributed by atoms with Gasteiger partial charge in [-0.25, -0.2) is 0 Å². The molecule has 1 aromatic carbocycles. The van der Waals surface area contributed by atoms with Crippen LogP contribution in [0.15, 0.2) is 43.5 Å². The van der Waals surface area contributed by atoms with Crippen molar-refractivity contribution in [3.8, 4) is 11.5 Å². The molecule has 0 aliphatic carbocycles. The summed E-state index contributed by atoms with van der Waals surface area (Å²) in [5.41, 5.74) is 1.37. The van der Waals surface area contributed by atoms with Crippen LogP contribution < -0.4 is 9.47 Å². The van der Waals surface area contributed by atoms with Gasteiger partial charge < -0.3 is 14.2 Å². The van der Waals surface area contributed by atoms with Crippen molar-refractivity contribution in [1.29, 1.82) is 0 Å². The number of hydrogen-bond donors (Lipinski definition) is 0. The lowest BCUT2D eigenvalue weighted by atomic mass is 9.62. The minimum atomic E-state index is -0.0259. The van der Waals surface area contributed by atoms with Crippen molar-refractivity contribution in [2.24, 2.45) is 11.3 Å². The zero-order chi connectivity index (χ0) is 18.1. The van der Waals surface area contributed by atoms with E-state index >= 15 is 0 Å². The summed E-state index contributed by atoms with van der Waals surface area (Å²) in [6.07, 6.45) is 7.16. The second-order valence-electron chi connectivity index (χ2n) is 8.00. The van der Waals surface area contributed by atoms with Gasteiger partial charge in [0.05, 0.1) is 11.7 Å². The summed E-state index contributed by atoms with van der Waals surface area (Å²) in [5, 5.41) is 0. The fourth-order valence-corrected chi connectivity index (χ4v) is 4.58. The quantitative estimate of drug-likeness (QED) is 0.626. The van der Waals surface area contributed by atoms with E-state index in [0.29, 0.717) is 25.2 Å². The minimum absolute atomic E-state index is 0.0259. The van der Waals surface area contributed by atoms with Crippen LogP contribution in [-0.2, 0) is 11.2 Å². The normalized spacial score (nSPS) is 29.4. The molecule has 0 N–H and O–H groups in total. The van der Waals surface area contributed by atoms with E-state index in [1.165, 1.54) is 12.0 Å². The molecule has 3 rings (SSSR count). The molecule has 25 heavy (non-hydrogen) atoms. The highest BCUT2D eigenvalue weighted by Crippen LogP contribution is 2.58. The van der Waals surface area contributed by atoms with Crippen LogP contribution in [0.25, 0.3) is 0 Å². The lowest BCUT2D eigenvalue weighted by Crippen LogP contribution is -2.41. The van der Waals surface area contributed by atoms with E-state index in [4.69, 9.17) is 14.2 Å². The van der Waals surface area contributed by atoms with E-state index in [2.05, 4.69) is 40.0 Å². The Balaban J connectivity index is 1.85. The first kappa shape index (κ1) is 18.1. The SMILES string of the molecule is C=CCOc1ccc(C[C@@H]2C(C)(C)[C@@H]3CC[C@@]2(C)O3)c(OCC=C)c1. The Kier molecular flexibility index (Phi) is 4.97. The zero-order valence-corrected chi connectivity index (χ0v) is 15.7. The van der Waals surface area contributed by atoms with Crippen LogP contribution in [0.1, 0.15) is 39.2 Å². The molecule has 2 saturated heterocycles. The summed E-state index contributed by atoms with van der Waals surface area (Å²) in [7, 11) is 0. The van der Waals surface area contributed by atoms with Gasteiger partial charge in [-0.1, -0.05) is 45.2 Å². The van der Waals surface area contributed by atoms with Crippen molar-refractivity contribution in [2.75, 3.05) is 13.2 Å². The maximum atomic E-state index is 6.36. The van der Waals surface area contributed by atoms with Crippen molar-refractivity contribution >= 4 is 0 Å². The molecule has 3 heteroatoms. The summed E-state index contributed by atoms with van der Waals surface area (Å²) in [6, 6.07) is 6.12. The maximum Gasteiger partial charge on any atom is 0.126 e. The van der Waals surface area contributed by atoms with Crippen LogP contribution in [0.5, 0.6) is 11.5 Å². The third kappa shape index (κ3) is 3.35. The van der Waals surface area contributed by atoms with E-state index in [-0.39, 0.29) is 11.0 Å². The smallest absolute Gasteiger partial charge is 0.126 e. The van der Waals surface area contributed by atoms with E-state index in [9.17, 15) is 0 Å². The van der Waals surface area contributed by atoms with E-state index in [1.807, 2.05) is 12.1 Å². The van der Waals surface area contributed by atoms with Crippen LogP contribution in [0.2, 0.25) is 0 Å². The highest BCUT2D eigenvalue weighted by Gasteiger charge is 2.60. The highest BCUT2D eigenvalue weighted by molar-refractivity contribution is 5.42. The molecule has 0 saturated carbocycles. The number of rotatable bonds is 8. The molecule has 2 fully saturated rings.